The molecule has 2 bridgehead atoms. The van der Waals surface area contributed by atoms with Crippen molar-refractivity contribution in [3.63, 3.8) is 0 Å². The fourth-order valence-electron chi connectivity index (χ4n) is 7.83. The Bertz CT molecular complexity index is 1530. The average Bonchev–Trinajstić information content (AvgIpc) is 3.15. The number of H-pyrrole nitrogens is 1. The van der Waals surface area contributed by atoms with Crippen LogP contribution in [0.5, 0.6) is 0 Å². The second-order valence-electron chi connectivity index (χ2n) is 13.1. The fraction of sp³-hybridized carbons (Fsp3) is 0.486. The minimum atomic E-state index is -1.13. The van der Waals surface area contributed by atoms with E-state index in [1.807, 2.05) is 54.3 Å². The van der Waals surface area contributed by atoms with Gasteiger partial charge >= 0.3 is 0 Å². The van der Waals surface area contributed by atoms with Gasteiger partial charge in [0.25, 0.3) is 11.8 Å². The van der Waals surface area contributed by atoms with Crippen LogP contribution in [0.4, 0.5) is 5.69 Å². The van der Waals surface area contributed by atoms with Gasteiger partial charge in [-0.1, -0.05) is 55.7 Å². The summed E-state index contributed by atoms with van der Waals surface area (Å²) in [6, 6.07) is 15.5. The summed E-state index contributed by atoms with van der Waals surface area (Å²) in [5.74, 6) is 0.508. The first-order valence-corrected chi connectivity index (χ1v) is 16.1. The first kappa shape index (κ1) is 27.9. The predicted octanol–water partition coefficient (Wildman–Crippen LogP) is 5.60. The highest BCUT2D eigenvalue weighted by atomic mass is 16.2. The highest BCUT2D eigenvalue weighted by molar-refractivity contribution is 6.16. The topological polar surface area (TPSA) is 97.9 Å². The smallest absolute Gasteiger partial charge is 0.272 e. The summed E-state index contributed by atoms with van der Waals surface area (Å²) in [6.45, 7) is 3.48. The van der Waals surface area contributed by atoms with Crippen LogP contribution >= 0.6 is 0 Å². The van der Waals surface area contributed by atoms with E-state index in [0.717, 1.165) is 72.2 Å². The molecule has 1 atom stereocenters. The maximum absolute atomic E-state index is 14.5. The molecule has 0 radical (unpaired) electrons. The number of aromatic amines is 1. The zero-order chi connectivity index (χ0) is 29.5. The molecule has 0 spiro atoms. The number of benzene rings is 2. The number of hydrogen-bond donors (Lipinski definition) is 2. The molecule has 2 saturated heterocycles. The van der Waals surface area contributed by atoms with Crippen molar-refractivity contribution in [2.75, 3.05) is 24.5 Å². The van der Waals surface area contributed by atoms with Crippen LogP contribution in [-0.2, 0) is 9.59 Å². The number of carbonyl (C=O) groups excluding carboxylic acids is 3. The molecule has 2 N–H and O–H groups in total. The van der Waals surface area contributed by atoms with Gasteiger partial charge < -0.3 is 15.2 Å². The van der Waals surface area contributed by atoms with E-state index in [9.17, 15) is 14.4 Å². The van der Waals surface area contributed by atoms with Gasteiger partial charge in [0.1, 0.15) is 12.2 Å². The van der Waals surface area contributed by atoms with E-state index in [0.29, 0.717) is 17.5 Å². The van der Waals surface area contributed by atoms with Crippen molar-refractivity contribution in [1.29, 1.82) is 0 Å². The highest BCUT2D eigenvalue weighted by Crippen LogP contribution is 2.37. The summed E-state index contributed by atoms with van der Waals surface area (Å²) in [6.07, 6.45) is 9.02. The van der Waals surface area contributed by atoms with Crippen LogP contribution in [0.1, 0.15) is 79.4 Å². The van der Waals surface area contributed by atoms with Crippen molar-refractivity contribution >= 4 is 40.0 Å². The number of rotatable bonds is 5. The molecular formula is C35H41N5O3. The van der Waals surface area contributed by atoms with E-state index in [1.165, 1.54) is 32.1 Å². The Kier molecular flexibility index (Phi) is 7.53. The lowest BCUT2D eigenvalue weighted by Gasteiger charge is -2.30. The molecule has 1 aromatic heterocycles. The fourth-order valence-corrected chi connectivity index (χ4v) is 7.83. The van der Waals surface area contributed by atoms with Crippen LogP contribution < -0.4 is 10.2 Å². The van der Waals surface area contributed by atoms with Crippen molar-refractivity contribution in [2.24, 2.45) is 22.7 Å². The number of anilines is 1. The number of benzodiazepines with no additional fused rings is 1. The molecule has 3 aromatic rings. The molecule has 8 rings (SSSR count). The van der Waals surface area contributed by atoms with Crippen LogP contribution in [0.25, 0.3) is 10.9 Å². The Balaban J connectivity index is 1.25. The van der Waals surface area contributed by atoms with Crippen molar-refractivity contribution in [3.8, 4) is 0 Å². The van der Waals surface area contributed by atoms with Crippen LogP contribution in [-0.4, -0.2) is 59.1 Å². The third-order valence-corrected chi connectivity index (χ3v) is 10.2. The number of aryl methyl sites for hydroxylation is 1. The molecule has 224 valence electrons. The van der Waals surface area contributed by atoms with E-state index >= 15 is 0 Å². The van der Waals surface area contributed by atoms with Gasteiger partial charge in [0.2, 0.25) is 12.1 Å². The highest BCUT2D eigenvalue weighted by Gasteiger charge is 2.39. The Morgan fingerprint density at radius 2 is 1.65 bits per heavy atom. The van der Waals surface area contributed by atoms with E-state index in [1.54, 1.807) is 11.0 Å². The Morgan fingerprint density at radius 1 is 0.930 bits per heavy atom. The lowest BCUT2D eigenvalue weighted by Crippen LogP contribution is -2.51. The molecule has 5 aliphatic rings. The minimum Gasteiger partial charge on any atom is -0.351 e. The van der Waals surface area contributed by atoms with Crippen molar-refractivity contribution in [3.05, 3.63) is 65.4 Å². The summed E-state index contributed by atoms with van der Waals surface area (Å²) in [4.78, 5) is 53.9. The molecule has 3 aliphatic heterocycles. The molecule has 2 saturated carbocycles. The summed E-state index contributed by atoms with van der Waals surface area (Å²) >= 11 is 0. The number of aromatic nitrogens is 1. The number of para-hydroxylation sites is 2. The third kappa shape index (κ3) is 5.48. The molecule has 4 fully saturated rings. The summed E-state index contributed by atoms with van der Waals surface area (Å²) in [5.41, 5.74) is 4.70. The second kappa shape index (κ2) is 11.6. The number of nitrogens with zero attached hydrogens (tertiary/aromatic N) is 3. The normalized spacial score (nSPS) is 24.3. The number of hydrogen-bond acceptors (Lipinski definition) is 4. The van der Waals surface area contributed by atoms with Gasteiger partial charge in [-0.3, -0.25) is 24.3 Å². The second-order valence-corrected chi connectivity index (χ2v) is 13.1. The van der Waals surface area contributed by atoms with E-state index in [4.69, 9.17) is 4.99 Å². The van der Waals surface area contributed by atoms with Gasteiger partial charge in [0.05, 0.1) is 11.4 Å². The van der Waals surface area contributed by atoms with Gasteiger partial charge in [-0.15, -0.1) is 0 Å². The van der Waals surface area contributed by atoms with Crippen molar-refractivity contribution in [1.82, 2.24) is 15.2 Å². The zero-order valence-corrected chi connectivity index (χ0v) is 25.0. The lowest BCUT2D eigenvalue weighted by molar-refractivity contribution is -0.132. The molecule has 2 aromatic carbocycles. The number of carbonyl (C=O) groups is 3. The predicted molar refractivity (Wildman–Crippen MR) is 168 cm³/mol. The molecule has 8 heteroatoms. The van der Waals surface area contributed by atoms with Crippen LogP contribution in [0.15, 0.2) is 53.5 Å². The Labute approximate surface area is 252 Å². The van der Waals surface area contributed by atoms with E-state index in [-0.39, 0.29) is 30.2 Å². The number of amides is 3. The largest absolute Gasteiger partial charge is 0.351 e. The SMILES string of the molecule is Cc1cccc2c1N(CC(=O)N1CC3CCC(CC3)C1)C(=O)[C@@H](NC(=O)c1cc3ccccc3[nH]1)N=C2C1CCCCC1. The Morgan fingerprint density at radius 3 is 2.37 bits per heavy atom. The first-order chi connectivity index (χ1) is 20.9. The maximum Gasteiger partial charge on any atom is 0.272 e. The first-order valence-electron chi connectivity index (χ1n) is 16.1. The molecule has 4 heterocycles. The van der Waals surface area contributed by atoms with Gasteiger partial charge in [-0.05, 0) is 75.0 Å². The van der Waals surface area contributed by atoms with Crippen LogP contribution in [0.3, 0.4) is 0 Å². The number of aliphatic imine (C=N–C) groups is 1. The molecular weight excluding hydrogens is 538 g/mol. The van der Waals surface area contributed by atoms with Crippen molar-refractivity contribution < 1.29 is 14.4 Å². The average molecular weight is 580 g/mol. The van der Waals surface area contributed by atoms with Gasteiger partial charge in [-0.25, -0.2) is 0 Å². The monoisotopic (exact) mass is 579 g/mol. The number of fused-ring (bicyclic) bond motifs is 6. The van der Waals surface area contributed by atoms with Crippen LogP contribution in [0.2, 0.25) is 0 Å². The molecule has 8 nitrogen and oxygen atoms in total. The molecule has 3 amide bonds. The quantitative estimate of drug-likeness (QED) is 0.412. The third-order valence-electron chi connectivity index (χ3n) is 10.2. The van der Waals surface area contributed by atoms with E-state index < -0.39 is 6.17 Å². The maximum atomic E-state index is 14.5. The van der Waals surface area contributed by atoms with Crippen molar-refractivity contribution in [2.45, 2.75) is 70.9 Å². The van der Waals surface area contributed by atoms with E-state index in [2.05, 4.69) is 10.3 Å². The molecule has 0 unspecified atom stereocenters. The van der Waals surface area contributed by atoms with Gasteiger partial charge in [0, 0.05) is 35.5 Å². The zero-order valence-electron chi connectivity index (χ0n) is 25.0. The molecule has 43 heavy (non-hydrogen) atoms. The summed E-state index contributed by atoms with van der Waals surface area (Å²) < 4.78 is 0. The lowest BCUT2D eigenvalue weighted by atomic mass is 9.82. The Hall–Kier alpha value is -3.94. The minimum absolute atomic E-state index is 0.0248. The van der Waals surface area contributed by atoms with Gasteiger partial charge in [-0.2, -0.15) is 0 Å². The van der Waals surface area contributed by atoms with Gasteiger partial charge in [0.15, 0.2) is 0 Å². The number of nitrogens with one attached hydrogen (secondary N) is 2. The van der Waals surface area contributed by atoms with Crippen LogP contribution in [0, 0.1) is 24.7 Å². The summed E-state index contributed by atoms with van der Waals surface area (Å²) in [5, 5.41) is 3.88. The summed E-state index contributed by atoms with van der Waals surface area (Å²) in [7, 11) is 0. The molecule has 2 aliphatic carbocycles. The standard InChI is InChI=1S/C35H41N5O3/c1-22-8-7-12-27-31(25-9-3-2-4-10-25)37-33(38-34(42)29-18-26-11-5-6-13-28(26)36-29)35(43)40(32(22)27)21-30(41)39-19-23-14-15-24(20-39)17-16-23/h5-8,11-13,18,23-25,33,36H,2-4,9-10,14-17,19-21H2,1H3,(H,38,42)/t23?,24?,33-/m1/s1.